The third kappa shape index (κ3) is 4.68. The Hall–Kier alpha value is -3.20. The van der Waals surface area contributed by atoms with Crippen molar-refractivity contribution >= 4 is 17.1 Å². The minimum atomic E-state index is -0.431. The lowest BCUT2D eigenvalue weighted by atomic mass is 10.1. The first-order valence-electron chi connectivity index (χ1n) is 9.89. The van der Waals surface area contributed by atoms with Gasteiger partial charge >= 0.3 is 5.69 Å². The number of rotatable bonds is 8. The molecule has 0 fully saturated rings. The van der Waals surface area contributed by atoms with Gasteiger partial charge in [-0.15, -0.1) is 0 Å². The third-order valence-corrected chi connectivity index (χ3v) is 5.04. The van der Waals surface area contributed by atoms with E-state index in [-0.39, 0.29) is 30.2 Å². The van der Waals surface area contributed by atoms with E-state index in [4.69, 9.17) is 0 Å². The Labute approximate surface area is 174 Å². The third-order valence-electron chi connectivity index (χ3n) is 5.04. The van der Waals surface area contributed by atoms with Gasteiger partial charge in [-0.05, 0) is 33.0 Å². The summed E-state index contributed by atoms with van der Waals surface area (Å²) in [6.45, 7) is 3.31. The fourth-order valence-corrected chi connectivity index (χ4v) is 3.25. The summed E-state index contributed by atoms with van der Waals surface area (Å²) in [6, 6.07) is 8.17. The van der Waals surface area contributed by atoms with Gasteiger partial charge in [0.05, 0.1) is 6.33 Å². The molecule has 160 valence electrons. The van der Waals surface area contributed by atoms with Crippen LogP contribution in [0.25, 0.3) is 11.2 Å². The molecule has 0 radical (unpaired) electrons. The van der Waals surface area contributed by atoms with Gasteiger partial charge in [0, 0.05) is 26.7 Å². The highest BCUT2D eigenvalue weighted by molar-refractivity contribution is 5.78. The number of imidazole rings is 1. The van der Waals surface area contributed by atoms with Gasteiger partial charge in [0.2, 0.25) is 5.91 Å². The average Bonchev–Trinajstić information content (AvgIpc) is 3.11. The number of carbonyl (C=O) groups excluding carboxylic acids is 1. The summed E-state index contributed by atoms with van der Waals surface area (Å²) >= 11 is 0. The second kappa shape index (κ2) is 9.08. The van der Waals surface area contributed by atoms with E-state index in [1.165, 1.54) is 25.6 Å². The molecule has 9 heteroatoms. The zero-order valence-electron chi connectivity index (χ0n) is 17.9. The minimum absolute atomic E-state index is 0.0362. The first-order chi connectivity index (χ1) is 14.3. The maximum atomic E-state index is 12.9. The van der Waals surface area contributed by atoms with Crippen LogP contribution in [-0.4, -0.2) is 56.7 Å². The van der Waals surface area contributed by atoms with Gasteiger partial charge in [0.1, 0.15) is 6.54 Å². The SMILES string of the molecule is Cc1ccc(CCNC(=O)Cn2cnc3c2c(=O)n(CCN(C)C)c(=O)n3C)cc1. The molecule has 3 rings (SSSR count). The largest absolute Gasteiger partial charge is 0.354 e. The molecule has 0 bridgehead atoms. The highest BCUT2D eigenvalue weighted by Crippen LogP contribution is 2.06. The molecule has 30 heavy (non-hydrogen) atoms. The Bertz CT molecular complexity index is 1150. The van der Waals surface area contributed by atoms with Crippen molar-refractivity contribution in [1.29, 1.82) is 0 Å². The van der Waals surface area contributed by atoms with Crippen molar-refractivity contribution in [3.8, 4) is 0 Å². The average molecular weight is 412 g/mol. The molecule has 1 aromatic carbocycles. The normalized spacial score (nSPS) is 11.4. The summed E-state index contributed by atoms with van der Waals surface area (Å²) in [4.78, 5) is 44.0. The molecular weight excluding hydrogens is 384 g/mol. The van der Waals surface area contributed by atoms with Crippen LogP contribution in [0.1, 0.15) is 11.1 Å². The molecule has 0 spiro atoms. The van der Waals surface area contributed by atoms with Crippen molar-refractivity contribution in [1.82, 2.24) is 28.9 Å². The van der Waals surface area contributed by atoms with Gasteiger partial charge in [0.25, 0.3) is 5.56 Å². The number of hydrogen-bond acceptors (Lipinski definition) is 5. The van der Waals surface area contributed by atoms with Crippen LogP contribution in [0, 0.1) is 6.92 Å². The van der Waals surface area contributed by atoms with E-state index in [9.17, 15) is 14.4 Å². The van der Waals surface area contributed by atoms with Crippen LogP contribution in [0.3, 0.4) is 0 Å². The predicted molar refractivity (Wildman–Crippen MR) is 116 cm³/mol. The quantitative estimate of drug-likeness (QED) is 0.567. The fraction of sp³-hybridized carbons (Fsp3) is 0.429. The van der Waals surface area contributed by atoms with Crippen molar-refractivity contribution < 1.29 is 4.79 Å². The standard InChI is InChI=1S/C21H28N6O3/c1-15-5-7-16(8-6-15)9-10-22-17(28)13-26-14-23-19-18(26)20(29)27(12-11-24(2)3)21(30)25(19)4/h5-8,14H,9-13H2,1-4H3,(H,22,28). The second-order valence-electron chi connectivity index (χ2n) is 7.73. The van der Waals surface area contributed by atoms with E-state index in [0.29, 0.717) is 13.1 Å². The smallest absolute Gasteiger partial charge is 0.332 e. The summed E-state index contributed by atoms with van der Waals surface area (Å²) < 4.78 is 4.04. The molecule has 2 aromatic heterocycles. The van der Waals surface area contributed by atoms with E-state index < -0.39 is 11.2 Å². The summed E-state index contributed by atoms with van der Waals surface area (Å²) in [5.41, 5.74) is 2.03. The molecular formula is C21H28N6O3. The predicted octanol–water partition coefficient (Wildman–Crippen LogP) is 0.126. The van der Waals surface area contributed by atoms with Crippen LogP contribution in [0.15, 0.2) is 40.2 Å². The molecule has 0 aliphatic carbocycles. The van der Waals surface area contributed by atoms with Gasteiger partial charge in [-0.1, -0.05) is 29.8 Å². The maximum Gasteiger partial charge on any atom is 0.332 e. The Morgan fingerprint density at radius 1 is 1.17 bits per heavy atom. The number of nitrogens with zero attached hydrogens (tertiary/aromatic N) is 5. The molecule has 3 aromatic rings. The van der Waals surface area contributed by atoms with E-state index in [2.05, 4.69) is 10.3 Å². The molecule has 1 N–H and O–H groups in total. The number of carbonyl (C=O) groups is 1. The number of likely N-dealkylation sites (N-methyl/N-ethyl adjacent to an activating group) is 1. The zero-order chi connectivity index (χ0) is 21.8. The first kappa shape index (κ1) is 21.5. The fourth-order valence-electron chi connectivity index (χ4n) is 3.25. The lowest BCUT2D eigenvalue weighted by Crippen LogP contribution is -2.42. The molecule has 2 heterocycles. The molecule has 0 unspecified atom stereocenters. The highest BCUT2D eigenvalue weighted by atomic mass is 16.2. The molecule has 0 aliphatic heterocycles. The zero-order valence-corrected chi connectivity index (χ0v) is 17.9. The van der Waals surface area contributed by atoms with Crippen molar-refractivity contribution in [2.75, 3.05) is 27.2 Å². The summed E-state index contributed by atoms with van der Waals surface area (Å²) in [5, 5.41) is 2.88. The van der Waals surface area contributed by atoms with Crippen LogP contribution >= 0.6 is 0 Å². The minimum Gasteiger partial charge on any atom is -0.354 e. The number of benzene rings is 1. The van der Waals surface area contributed by atoms with E-state index >= 15 is 0 Å². The first-order valence-corrected chi connectivity index (χ1v) is 9.89. The monoisotopic (exact) mass is 412 g/mol. The maximum absolute atomic E-state index is 12.9. The highest BCUT2D eigenvalue weighted by Gasteiger charge is 2.17. The summed E-state index contributed by atoms with van der Waals surface area (Å²) in [7, 11) is 5.33. The topological polar surface area (TPSA) is 94.2 Å². The molecule has 0 aliphatic rings. The van der Waals surface area contributed by atoms with Gasteiger partial charge in [-0.25, -0.2) is 9.78 Å². The van der Waals surface area contributed by atoms with Crippen molar-refractivity contribution in [2.45, 2.75) is 26.4 Å². The van der Waals surface area contributed by atoms with Gasteiger partial charge in [-0.2, -0.15) is 0 Å². The summed E-state index contributed by atoms with van der Waals surface area (Å²) in [5.74, 6) is -0.213. The van der Waals surface area contributed by atoms with Crippen LogP contribution in [-0.2, 0) is 31.4 Å². The number of amides is 1. The van der Waals surface area contributed by atoms with E-state index in [1.807, 2.05) is 50.2 Å². The van der Waals surface area contributed by atoms with Crippen molar-refractivity contribution in [2.24, 2.45) is 7.05 Å². The van der Waals surface area contributed by atoms with Crippen molar-refractivity contribution in [3.05, 3.63) is 62.6 Å². The Kier molecular flexibility index (Phi) is 6.51. The number of nitrogens with one attached hydrogen (secondary N) is 1. The molecule has 1 amide bonds. The summed E-state index contributed by atoms with van der Waals surface area (Å²) in [6.07, 6.45) is 2.16. The lowest BCUT2D eigenvalue weighted by molar-refractivity contribution is -0.121. The van der Waals surface area contributed by atoms with Gasteiger partial charge in [-0.3, -0.25) is 18.7 Å². The van der Waals surface area contributed by atoms with E-state index in [0.717, 1.165) is 12.0 Å². The Balaban J connectivity index is 1.75. The van der Waals surface area contributed by atoms with Crippen LogP contribution in [0.5, 0.6) is 0 Å². The van der Waals surface area contributed by atoms with Crippen LogP contribution in [0.2, 0.25) is 0 Å². The molecule has 0 saturated heterocycles. The number of fused-ring (bicyclic) bond motifs is 1. The van der Waals surface area contributed by atoms with Crippen LogP contribution in [0.4, 0.5) is 0 Å². The molecule has 0 saturated carbocycles. The Morgan fingerprint density at radius 2 is 1.87 bits per heavy atom. The number of hydrogen-bond donors (Lipinski definition) is 1. The lowest BCUT2D eigenvalue weighted by Gasteiger charge is -2.13. The van der Waals surface area contributed by atoms with Crippen molar-refractivity contribution in [3.63, 3.8) is 0 Å². The molecule has 0 atom stereocenters. The molecule has 9 nitrogen and oxygen atoms in total. The van der Waals surface area contributed by atoms with Gasteiger partial charge < -0.3 is 14.8 Å². The van der Waals surface area contributed by atoms with Crippen LogP contribution < -0.4 is 16.6 Å². The van der Waals surface area contributed by atoms with Gasteiger partial charge in [0.15, 0.2) is 11.2 Å². The second-order valence-corrected chi connectivity index (χ2v) is 7.73. The number of aromatic nitrogens is 4. The Morgan fingerprint density at radius 3 is 2.53 bits per heavy atom. The number of aryl methyl sites for hydroxylation is 2. The van der Waals surface area contributed by atoms with E-state index in [1.54, 1.807) is 7.05 Å².